The van der Waals surface area contributed by atoms with Crippen molar-refractivity contribution < 1.29 is 9.52 Å². The second-order valence-electron chi connectivity index (χ2n) is 4.10. The molecule has 1 atom stereocenters. The molecule has 0 spiro atoms. The first-order valence-electron chi connectivity index (χ1n) is 5.69. The number of aromatic nitrogens is 2. The summed E-state index contributed by atoms with van der Waals surface area (Å²) in [6.07, 6.45) is 3.89. The van der Waals surface area contributed by atoms with Gasteiger partial charge in [0.25, 0.3) is 0 Å². The summed E-state index contributed by atoms with van der Waals surface area (Å²) in [5.41, 5.74) is 2.05. The van der Waals surface area contributed by atoms with Crippen LogP contribution >= 0.6 is 0 Å². The maximum atomic E-state index is 10.4. The number of hydrogen-bond acceptors (Lipinski definition) is 4. The molecule has 1 unspecified atom stereocenters. The van der Waals surface area contributed by atoms with Crippen LogP contribution in [0.15, 0.2) is 47.3 Å². The molecule has 0 aliphatic rings. The highest BCUT2D eigenvalue weighted by Crippen LogP contribution is 2.32. The molecular weight excluding hydrogens is 228 g/mol. The Bertz CT molecular complexity index is 677. The molecule has 0 aliphatic heterocycles. The number of furan rings is 1. The van der Waals surface area contributed by atoms with Gasteiger partial charge in [-0.25, -0.2) is 0 Å². The van der Waals surface area contributed by atoms with Crippen molar-refractivity contribution >= 4 is 11.0 Å². The van der Waals surface area contributed by atoms with Crippen LogP contribution in [0.1, 0.15) is 23.1 Å². The lowest BCUT2D eigenvalue weighted by Gasteiger charge is -2.08. The molecule has 0 radical (unpaired) electrons. The molecule has 4 heteroatoms. The van der Waals surface area contributed by atoms with Crippen molar-refractivity contribution in [2.45, 2.75) is 13.0 Å². The van der Waals surface area contributed by atoms with Crippen LogP contribution in [0.3, 0.4) is 0 Å². The van der Waals surface area contributed by atoms with Crippen LogP contribution in [0.4, 0.5) is 0 Å². The standard InChI is InChI=1S/C14H12N2O2/c1-9-13(10-4-2-3-5-12(10)18-9)14(17)11-8-15-6-7-16-11/h2-8,14,17H,1H3. The summed E-state index contributed by atoms with van der Waals surface area (Å²) in [6, 6.07) is 7.64. The lowest BCUT2D eigenvalue weighted by Crippen LogP contribution is -2.03. The van der Waals surface area contributed by atoms with Crippen molar-refractivity contribution in [3.63, 3.8) is 0 Å². The van der Waals surface area contributed by atoms with Gasteiger partial charge in [-0.2, -0.15) is 0 Å². The average molecular weight is 240 g/mol. The van der Waals surface area contributed by atoms with Crippen LogP contribution in [0.25, 0.3) is 11.0 Å². The van der Waals surface area contributed by atoms with Gasteiger partial charge in [0, 0.05) is 23.3 Å². The number of aliphatic hydroxyl groups excluding tert-OH is 1. The van der Waals surface area contributed by atoms with E-state index in [9.17, 15) is 5.11 Å². The smallest absolute Gasteiger partial charge is 0.134 e. The number of aryl methyl sites for hydroxylation is 1. The number of rotatable bonds is 2. The molecule has 0 saturated carbocycles. The third-order valence-electron chi connectivity index (χ3n) is 2.96. The molecule has 2 aromatic heterocycles. The number of fused-ring (bicyclic) bond motifs is 1. The van der Waals surface area contributed by atoms with Gasteiger partial charge in [0.1, 0.15) is 17.4 Å². The van der Waals surface area contributed by atoms with E-state index < -0.39 is 6.10 Å². The highest BCUT2D eigenvalue weighted by Gasteiger charge is 2.20. The molecule has 0 saturated heterocycles. The van der Waals surface area contributed by atoms with Crippen molar-refractivity contribution in [1.29, 1.82) is 0 Å². The predicted octanol–water partition coefficient (Wildman–Crippen LogP) is 2.61. The number of benzene rings is 1. The van der Waals surface area contributed by atoms with Crippen LogP contribution in [-0.4, -0.2) is 15.1 Å². The lowest BCUT2D eigenvalue weighted by atomic mass is 10.0. The summed E-state index contributed by atoms with van der Waals surface area (Å²) in [6.45, 7) is 1.84. The predicted molar refractivity (Wildman–Crippen MR) is 67.0 cm³/mol. The molecule has 0 bridgehead atoms. The van der Waals surface area contributed by atoms with Crippen molar-refractivity contribution in [2.24, 2.45) is 0 Å². The summed E-state index contributed by atoms with van der Waals surface area (Å²) >= 11 is 0. The first-order valence-corrected chi connectivity index (χ1v) is 5.69. The second-order valence-corrected chi connectivity index (χ2v) is 4.10. The van der Waals surface area contributed by atoms with Crippen LogP contribution < -0.4 is 0 Å². The van der Waals surface area contributed by atoms with Gasteiger partial charge in [-0.05, 0) is 13.0 Å². The van der Waals surface area contributed by atoms with Gasteiger partial charge in [-0.3, -0.25) is 9.97 Å². The number of nitrogens with zero attached hydrogens (tertiary/aromatic N) is 2. The van der Waals surface area contributed by atoms with Crippen molar-refractivity contribution in [2.75, 3.05) is 0 Å². The van der Waals surface area contributed by atoms with E-state index in [1.807, 2.05) is 31.2 Å². The number of aliphatic hydroxyl groups is 1. The zero-order valence-corrected chi connectivity index (χ0v) is 9.87. The average Bonchev–Trinajstić information content (AvgIpc) is 2.75. The number of para-hydroxylation sites is 1. The first kappa shape index (κ1) is 10.9. The van der Waals surface area contributed by atoms with Gasteiger partial charge >= 0.3 is 0 Å². The lowest BCUT2D eigenvalue weighted by molar-refractivity contribution is 0.214. The second kappa shape index (κ2) is 4.23. The molecule has 0 aliphatic carbocycles. The van der Waals surface area contributed by atoms with E-state index in [2.05, 4.69) is 9.97 Å². The maximum absolute atomic E-state index is 10.4. The summed E-state index contributed by atoms with van der Waals surface area (Å²) < 4.78 is 5.63. The molecule has 3 rings (SSSR count). The molecule has 18 heavy (non-hydrogen) atoms. The molecule has 0 fully saturated rings. The summed E-state index contributed by atoms with van der Waals surface area (Å²) in [5.74, 6) is 0.703. The van der Waals surface area contributed by atoms with Gasteiger partial charge in [0.2, 0.25) is 0 Å². The van der Waals surface area contributed by atoms with Crippen LogP contribution in [0.2, 0.25) is 0 Å². The van der Waals surface area contributed by atoms with E-state index in [-0.39, 0.29) is 0 Å². The Hall–Kier alpha value is -2.20. The van der Waals surface area contributed by atoms with Crippen molar-refractivity contribution in [1.82, 2.24) is 9.97 Å². The Labute approximate surface area is 104 Å². The van der Waals surface area contributed by atoms with E-state index in [4.69, 9.17) is 4.42 Å². The minimum atomic E-state index is -0.817. The fraction of sp³-hybridized carbons (Fsp3) is 0.143. The summed E-state index contributed by atoms with van der Waals surface area (Å²) in [7, 11) is 0. The van der Waals surface area contributed by atoms with Crippen LogP contribution in [0.5, 0.6) is 0 Å². The van der Waals surface area contributed by atoms with Gasteiger partial charge in [0.15, 0.2) is 0 Å². The van der Waals surface area contributed by atoms with Crippen molar-refractivity contribution in [3.05, 3.63) is 59.9 Å². The normalized spacial score (nSPS) is 12.8. The zero-order valence-electron chi connectivity index (χ0n) is 9.87. The quantitative estimate of drug-likeness (QED) is 0.748. The molecule has 3 aromatic rings. The molecular formula is C14H12N2O2. The summed E-state index contributed by atoms with van der Waals surface area (Å²) in [4.78, 5) is 8.10. The molecule has 1 N–H and O–H groups in total. The fourth-order valence-electron chi connectivity index (χ4n) is 2.13. The van der Waals surface area contributed by atoms with E-state index >= 15 is 0 Å². The highest BCUT2D eigenvalue weighted by atomic mass is 16.3. The van der Waals surface area contributed by atoms with Gasteiger partial charge < -0.3 is 9.52 Å². The molecule has 2 heterocycles. The third kappa shape index (κ3) is 1.67. The zero-order chi connectivity index (χ0) is 12.5. The van der Waals surface area contributed by atoms with Gasteiger partial charge in [-0.1, -0.05) is 18.2 Å². The number of hydrogen-bond donors (Lipinski definition) is 1. The van der Waals surface area contributed by atoms with Crippen LogP contribution in [0, 0.1) is 6.92 Å². The molecule has 90 valence electrons. The van der Waals surface area contributed by atoms with Gasteiger partial charge in [0.05, 0.1) is 11.9 Å². The third-order valence-corrected chi connectivity index (χ3v) is 2.96. The highest BCUT2D eigenvalue weighted by molar-refractivity contribution is 5.82. The fourth-order valence-corrected chi connectivity index (χ4v) is 2.13. The Balaban J connectivity index is 2.17. The SMILES string of the molecule is Cc1oc2ccccc2c1C(O)c1cnccn1. The van der Waals surface area contributed by atoms with Gasteiger partial charge in [-0.15, -0.1) is 0 Å². The van der Waals surface area contributed by atoms with Crippen LogP contribution in [-0.2, 0) is 0 Å². The maximum Gasteiger partial charge on any atom is 0.134 e. The Morgan fingerprint density at radius 1 is 1.22 bits per heavy atom. The monoisotopic (exact) mass is 240 g/mol. The molecule has 1 aromatic carbocycles. The molecule has 0 amide bonds. The minimum absolute atomic E-state index is 0.521. The molecule has 4 nitrogen and oxygen atoms in total. The topological polar surface area (TPSA) is 59.2 Å². The largest absolute Gasteiger partial charge is 0.461 e. The van der Waals surface area contributed by atoms with E-state index in [0.29, 0.717) is 11.5 Å². The Morgan fingerprint density at radius 3 is 2.83 bits per heavy atom. The minimum Gasteiger partial charge on any atom is -0.461 e. The van der Waals surface area contributed by atoms with E-state index in [1.165, 1.54) is 0 Å². The Kier molecular flexibility index (Phi) is 2.57. The first-order chi connectivity index (χ1) is 8.77. The van der Waals surface area contributed by atoms with E-state index in [0.717, 1.165) is 16.5 Å². The Morgan fingerprint density at radius 2 is 2.06 bits per heavy atom. The summed E-state index contributed by atoms with van der Waals surface area (Å²) in [5, 5.41) is 11.3. The van der Waals surface area contributed by atoms with E-state index in [1.54, 1.807) is 18.6 Å². The van der Waals surface area contributed by atoms with Crippen molar-refractivity contribution in [3.8, 4) is 0 Å².